The van der Waals surface area contributed by atoms with Gasteiger partial charge in [0.05, 0.1) is 93.2 Å². The third kappa shape index (κ3) is 21.8. The van der Waals surface area contributed by atoms with Crippen LogP contribution >= 0.6 is 23.2 Å². The molecule has 8 aliphatic rings. The Bertz CT molecular complexity index is 4080. The molecule has 2 aromatic carbocycles. The molecule has 26 nitrogen and oxygen atoms in total. The molecule has 8 fully saturated rings. The molecule has 6 saturated carbocycles. The molecule has 16 atom stereocenters. The minimum Gasteiger partial charge on any atom is -0.490 e. The number of hydrogen-bond donors (Lipinski definition) is 2. The fourth-order valence-corrected chi connectivity index (χ4v) is 17.8. The van der Waals surface area contributed by atoms with Crippen LogP contribution in [0.4, 0.5) is 0 Å². The summed E-state index contributed by atoms with van der Waals surface area (Å²) in [6.45, 7) is 20.8. The average molecular weight is 1620 g/mol. The Morgan fingerprint density at radius 1 is 0.566 bits per heavy atom. The van der Waals surface area contributed by atoms with Crippen molar-refractivity contribution < 1.29 is 100 Å². The molecule has 626 valence electrons. The maximum Gasteiger partial charge on any atom is 0.312 e. The number of benzene rings is 2. The molecule has 2 amide bonds. The Balaban J connectivity index is 0.000000215. The molecular formula is C85H120Cl2N4O22. The predicted molar refractivity (Wildman–Crippen MR) is 423 cm³/mol. The monoisotopic (exact) mass is 1620 g/mol. The second kappa shape index (κ2) is 38.6. The van der Waals surface area contributed by atoms with Gasteiger partial charge in [-0.15, -0.1) is 0 Å². The molecule has 2 N–H and O–H groups in total. The van der Waals surface area contributed by atoms with E-state index >= 15 is 0 Å². The summed E-state index contributed by atoms with van der Waals surface area (Å²) in [7, 11) is 7.67. The van der Waals surface area contributed by atoms with Crippen LogP contribution in [-0.2, 0) is 71.5 Å². The molecule has 12 rings (SSSR count). The molecule has 113 heavy (non-hydrogen) atoms. The van der Waals surface area contributed by atoms with E-state index in [0.717, 1.165) is 43.9 Å². The van der Waals surface area contributed by atoms with Crippen LogP contribution in [0.3, 0.4) is 0 Å². The lowest BCUT2D eigenvalue weighted by atomic mass is 9.77. The first kappa shape index (κ1) is 89.6. The maximum atomic E-state index is 14.7. The summed E-state index contributed by atoms with van der Waals surface area (Å²) in [6.07, 6.45) is 8.37. The number of carbonyl (C=O) groups is 8. The molecule has 4 heterocycles. The van der Waals surface area contributed by atoms with Crippen LogP contribution in [-0.4, -0.2) is 204 Å². The van der Waals surface area contributed by atoms with Gasteiger partial charge >= 0.3 is 23.9 Å². The van der Waals surface area contributed by atoms with Crippen molar-refractivity contribution in [2.45, 2.75) is 203 Å². The number of carboxylic acid groups (broad SMARTS) is 1. The number of halogens is 2. The molecule has 6 aliphatic carbocycles. The first-order valence-electron chi connectivity index (χ1n) is 39.7. The smallest absolute Gasteiger partial charge is 0.312 e. The van der Waals surface area contributed by atoms with Crippen molar-refractivity contribution in [2.24, 2.45) is 74.9 Å². The summed E-state index contributed by atoms with van der Waals surface area (Å²) in [4.78, 5) is 130. The zero-order valence-corrected chi connectivity index (χ0v) is 69.1. The van der Waals surface area contributed by atoms with Crippen LogP contribution in [0.5, 0.6) is 29.0 Å². The summed E-state index contributed by atoms with van der Waals surface area (Å²) in [6, 6.07) is 8.34. The van der Waals surface area contributed by atoms with Gasteiger partial charge in [-0.05, 0) is 134 Å². The fourth-order valence-electron chi connectivity index (χ4n) is 17.3. The largest absolute Gasteiger partial charge is 0.490 e. The summed E-state index contributed by atoms with van der Waals surface area (Å²) < 4.78 is 66.1. The summed E-state index contributed by atoms with van der Waals surface area (Å²) >= 11 is 13.1. The number of methoxy groups -OCH3 is 5. The topological polar surface area (TPSA) is 320 Å². The fraction of sp³-hybridized carbons (Fsp3) is 0.694. The van der Waals surface area contributed by atoms with Gasteiger partial charge < -0.3 is 76.7 Å². The highest BCUT2D eigenvalue weighted by Gasteiger charge is 2.63. The number of aromatic amines is 1. The van der Waals surface area contributed by atoms with Gasteiger partial charge in [0.15, 0.2) is 22.9 Å². The van der Waals surface area contributed by atoms with Gasteiger partial charge in [-0.2, -0.15) is 0 Å². The lowest BCUT2D eigenvalue weighted by Crippen LogP contribution is -2.48. The number of H-pyrrole nitrogens is 1. The third-order valence-corrected chi connectivity index (χ3v) is 24.9. The van der Waals surface area contributed by atoms with Crippen molar-refractivity contribution in [2.75, 3.05) is 101 Å². The van der Waals surface area contributed by atoms with E-state index in [2.05, 4.69) is 9.97 Å². The van der Waals surface area contributed by atoms with Crippen molar-refractivity contribution in [3.05, 3.63) is 56.7 Å². The molecule has 2 unspecified atom stereocenters. The van der Waals surface area contributed by atoms with Crippen molar-refractivity contribution >= 4 is 92.3 Å². The van der Waals surface area contributed by atoms with E-state index in [1.54, 1.807) is 63.7 Å². The number of nitrogens with zero attached hydrogens (tertiary/aromatic N) is 3. The quantitative estimate of drug-likeness (QED) is 0.0243. The number of carboxylic acids is 1. The van der Waals surface area contributed by atoms with E-state index in [-0.39, 0.29) is 141 Å². The summed E-state index contributed by atoms with van der Waals surface area (Å²) in [5.41, 5.74) is -2.32. The molecular weight excluding hydrogens is 1500 g/mol. The third-order valence-electron chi connectivity index (χ3n) is 24.1. The molecule has 0 bridgehead atoms. The number of rotatable bonds is 36. The van der Waals surface area contributed by atoms with Crippen molar-refractivity contribution in [3.63, 3.8) is 0 Å². The van der Waals surface area contributed by atoms with Crippen LogP contribution in [0.25, 0.3) is 21.8 Å². The van der Waals surface area contributed by atoms with Gasteiger partial charge in [-0.1, -0.05) is 106 Å². The number of ketones is 2. The number of likely N-dealkylation sites (tertiary alicyclic amines) is 2. The van der Waals surface area contributed by atoms with Gasteiger partial charge in [-0.3, -0.25) is 43.2 Å². The Morgan fingerprint density at radius 3 is 1.50 bits per heavy atom. The SMILES string of the molecule is C.CC[C@@H]1C[C@]1(CC(=O)[C@@H]1C[C@@H](Oc2cc(OCCOC)nc3c(Cl)c(OCCOC)ccc23)CN1C(=O)[C@@H](CC(=O)OC1C[C@@H]2C[C@@H]2C1)C(C)(C)C)C(=O)O.CC[C@@H]1C[C@]1(CC(=O)[C@@H]1C[C@H](C)CN1C(=O)[C@@H](CC(=O)OC1C[C@@H]2C[C@@H]2C1)C(C)(C)C)C(=O)OC.COCCOc1cc(=O)c2ccc(OCCOC)c(Cl)c2[nH]1. The second-order valence-electron chi connectivity index (χ2n) is 34.2. The first-order valence-corrected chi connectivity index (χ1v) is 40.5. The van der Waals surface area contributed by atoms with E-state index in [1.807, 2.05) is 62.3 Å². The second-order valence-corrected chi connectivity index (χ2v) is 34.9. The molecule has 0 spiro atoms. The van der Waals surface area contributed by atoms with Crippen LogP contribution in [0.1, 0.15) is 172 Å². The van der Waals surface area contributed by atoms with Gasteiger partial charge in [0, 0.05) is 77.2 Å². The van der Waals surface area contributed by atoms with E-state index in [0.29, 0.717) is 134 Å². The molecule has 0 radical (unpaired) electrons. The number of aliphatic carboxylic acids is 1. The highest BCUT2D eigenvalue weighted by Crippen LogP contribution is 2.60. The van der Waals surface area contributed by atoms with Crippen molar-refractivity contribution in [1.82, 2.24) is 19.8 Å². The van der Waals surface area contributed by atoms with E-state index in [1.165, 1.54) is 30.9 Å². The van der Waals surface area contributed by atoms with Crippen LogP contribution in [0.2, 0.25) is 10.0 Å². The molecule has 2 saturated heterocycles. The number of amides is 2. The van der Waals surface area contributed by atoms with Gasteiger partial charge in [0.2, 0.25) is 17.7 Å². The highest BCUT2D eigenvalue weighted by atomic mass is 35.5. The number of ether oxygens (including phenoxy) is 12. The standard InChI is InChI=1S/C41H55ClN2O11.C28H43NO6.C15H18ClNO5.CH4/c1-7-25-20-41(25,39(48)49)21-31(45)30-17-27(22-44(30)38(47)29(40(2,3)4)18-35(46)55-26-15-23-14-24(23)16-26)54-33-19-34(53-13-11-51-6)43-37-28(33)8-9-32(36(37)42)52-12-10-50-5;1-7-19-13-28(19,26(33)34-6)14-23(30)22-8-16(2)15-29(22)25(32)21(27(3,4)5)12-24(31)35-20-10-17-9-18(17)11-20;1-19-5-7-21-12-4-3-10-11(18)9-13(22-8-6-20-2)17-15(10)14(12)16;/h8-9,19,23-27,29-30H,7,10-18,20-22H2,1-6H3,(H,48,49);16-22H,7-15H2,1-6H3;3-4,9H,5-8H2,1-2H3,(H,17,18);1H4/t23-,24+,25-,26?,27-,29-,30+,41-;16-,17-,18+,19+,20?,21+,22-,28+;;/m10../s1. The lowest BCUT2D eigenvalue weighted by Gasteiger charge is -2.35. The van der Waals surface area contributed by atoms with E-state index in [9.17, 15) is 48.3 Å². The minimum absolute atomic E-state index is 0. The average Bonchev–Trinajstić information content (AvgIpc) is 1.56. The molecule has 2 aliphatic heterocycles. The van der Waals surface area contributed by atoms with Gasteiger partial charge in [-0.25, -0.2) is 4.98 Å². The number of esters is 3. The number of pyridine rings is 2. The molecule has 2 aromatic heterocycles. The van der Waals surface area contributed by atoms with Crippen molar-refractivity contribution in [1.29, 1.82) is 0 Å². The molecule has 4 aromatic rings. The lowest BCUT2D eigenvalue weighted by molar-refractivity contribution is -0.157. The Hall–Kier alpha value is -7.36. The van der Waals surface area contributed by atoms with E-state index in [4.69, 9.17) is 80.0 Å². The number of nitrogens with one attached hydrogen (secondary N) is 1. The highest BCUT2D eigenvalue weighted by molar-refractivity contribution is 6.37. The minimum atomic E-state index is -1.15. The van der Waals surface area contributed by atoms with Gasteiger partial charge in [0.25, 0.3) is 0 Å². The first-order chi connectivity index (χ1) is 53.2. The Kier molecular flexibility index (Phi) is 30.6. The van der Waals surface area contributed by atoms with Crippen LogP contribution < -0.4 is 29.1 Å². The summed E-state index contributed by atoms with van der Waals surface area (Å²) in [5.74, 6) is 0.434. The van der Waals surface area contributed by atoms with Gasteiger partial charge in [0.1, 0.15) is 77.5 Å². The normalized spacial score (nSPS) is 26.7. The van der Waals surface area contributed by atoms with Crippen LogP contribution in [0.15, 0.2) is 41.2 Å². The van der Waals surface area contributed by atoms with E-state index < -0.39 is 63.6 Å². The van der Waals surface area contributed by atoms with Crippen LogP contribution in [0, 0.1) is 74.9 Å². The predicted octanol–water partition coefficient (Wildman–Crippen LogP) is 13.2. The number of aromatic nitrogens is 2. The molecule has 28 heteroatoms. The zero-order valence-electron chi connectivity index (χ0n) is 67.5. The number of hydrogen-bond acceptors (Lipinski definition) is 22. The Labute approximate surface area is 673 Å². The Morgan fingerprint density at radius 2 is 1.03 bits per heavy atom. The maximum absolute atomic E-state index is 14.7. The summed E-state index contributed by atoms with van der Waals surface area (Å²) in [5, 5.41) is 11.8. The zero-order chi connectivity index (χ0) is 81.3. The number of carbonyl (C=O) groups excluding carboxylic acids is 7. The van der Waals surface area contributed by atoms with Crippen molar-refractivity contribution in [3.8, 4) is 29.0 Å². The number of Topliss-reactive ketones (excluding diaryl/α,β-unsaturated/α-hetero) is 2. The number of fused-ring (bicyclic) bond motifs is 4.